The van der Waals surface area contributed by atoms with Crippen molar-refractivity contribution in [3.8, 4) is 11.8 Å². The Balaban J connectivity index is 1.36. The summed E-state index contributed by atoms with van der Waals surface area (Å²) >= 11 is 1.55. The number of carbonyl (C=O) groups excluding carboxylic acids is 1. The zero-order valence-corrected chi connectivity index (χ0v) is 16.5. The molecule has 6 nitrogen and oxygen atoms in total. The molecular weight excluding hydrogens is 370 g/mol. The van der Waals surface area contributed by atoms with Gasteiger partial charge in [0.2, 0.25) is 5.91 Å². The number of nitrogens with zero attached hydrogens (tertiary/aromatic N) is 4. The summed E-state index contributed by atoms with van der Waals surface area (Å²) in [6.07, 6.45) is 6.84. The predicted molar refractivity (Wildman–Crippen MR) is 110 cm³/mol. The average Bonchev–Trinajstić information content (AvgIpc) is 3.38. The lowest BCUT2D eigenvalue weighted by molar-refractivity contribution is -0.117. The van der Waals surface area contributed by atoms with Crippen LogP contribution in [0.3, 0.4) is 0 Å². The summed E-state index contributed by atoms with van der Waals surface area (Å²) in [6, 6.07) is 12.2. The second kappa shape index (κ2) is 7.97. The third-order valence-electron chi connectivity index (χ3n) is 4.81. The lowest BCUT2D eigenvalue weighted by Crippen LogP contribution is -2.29. The Morgan fingerprint density at radius 2 is 2.18 bits per heavy atom. The highest BCUT2D eigenvalue weighted by Gasteiger charge is 2.23. The van der Waals surface area contributed by atoms with Crippen LogP contribution in [-0.2, 0) is 24.2 Å². The molecule has 0 radical (unpaired) electrons. The number of fused-ring (bicyclic) bond motifs is 1. The van der Waals surface area contributed by atoms with E-state index in [9.17, 15) is 10.1 Å². The SMILES string of the molecule is CN(CC(=O)Nc1sc2c(c1C#N)CCC2)Cc1cnn(-c2ccccc2)c1. The van der Waals surface area contributed by atoms with E-state index in [0.29, 0.717) is 17.1 Å². The quantitative estimate of drug-likeness (QED) is 0.699. The molecule has 0 atom stereocenters. The van der Waals surface area contributed by atoms with Gasteiger partial charge in [0.15, 0.2) is 0 Å². The molecule has 1 amide bonds. The largest absolute Gasteiger partial charge is 0.315 e. The van der Waals surface area contributed by atoms with Gasteiger partial charge < -0.3 is 5.32 Å². The van der Waals surface area contributed by atoms with Gasteiger partial charge in [-0.3, -0.25) is 9.69 Å². The molecule has 1 aromatic carbocycles. The van der Waals surface area contributed by atoms with Crippen LogP contribution >= 0.6 is 11.3 Å². The Bertz CT molecular complexity index is 1030. The minimum Gasteiger partial charge on any atom is -0.315 e. The van der Waals surface area contributed by atoms with Crippen LogP contribution in [0.25, 0.3) is 5.69 Å². The van der Waals surface area contributed by atoms with E-state index in [1.54, 1.807) is 11.3 Å². The normalized spacial score (nSPS) is 12.8. The molecule has 0 bridgehead atoms. The number of nitriles is 1. The van der Waals surface area contributed by atoms with Gasteiger partial charge in [0, 0.05) is 23.2 Å². The van der Waals surface area contributed by atoms with Gasteiger partial charge in [0.05, 0.1) is 24.0 Å². The third kappa shape index (κ3) is 3.84. The lowest BCUT2D eigenvalue weighted by atomic mass is 10.1. The van der Waals surface area contributed by atoms with Crippen LogP contribution < -0.4 is 5.32 Å². The van der Waals surface area contributed by atoms with Gasteiger partial charge in [-0.1, -0.05) is 18.2 Å². The highest BCUT2D eigenvalue weighted by molar-refractivity contribution is 7.16. The van der Waals surface area contributed by atoms with Gasteiger partial charge in [-0.2, -0.15) is 10.4 Å². The zero-order valence-electron chi connectivity index (χ0n) is 15.7. The monoisotopic (exact) mass is 391 g/mol. The summed E-state index contributed by atoms with van der Waals surface area (Å²) in [5, 5.41) is 17.5. The summed E-state index contributed by atoms with van der Waals surface area (Å²) in [6.45, 7) is 0.871. The summed E-state index contributed by atoms with van der Waals surface area (Å²) in [4.78, 5) is 15.6. The Morgan fingerprint density at radius 3 is 2.96 bits per heavy atom. The van der Waals surface area contributed by atoms with Crippen LogP contribution in [0.4, 0.5) is 5.00 Å². The van der Waals surface area contributed by atoms with Crippen LogP contribution in [0.5, 0.6) is 0 Å². The number of anilines is 1. The number of likely N-dealkylation sites (N-methyl/N-ethyl adjacent to an activating group) is 1. The standard InChI is InChI=1S/C21H21N5OS/c1-25(12-15-11-23-26(13-15)16-6-3-2-4-7-16)14-20(27)24-21-18(10-22)17-8-5-9-19(17)28-21/h2-4,6-7,11,13H,5,8-9,12,14H2,1H3,(H,24,27). The van der Waals surface area contributed by atoms with Crippen LogP contribution in [-0.4, -0.2) is 34.2 Å². The number of para-hydroxylation sites is 1. The number of hydrogen-bond donors (Lipinski definition) is 1. The van der Waals surface area contributed by atoms with Crippen LogP contribution in [0.2, 0.25) is 0 Å². The van der Waals surface area contributed by atoms with Crippen molar-refractivity contribution in [3.63, 3.8) is 0 Å². The number of amides is 1. The fraction of sp³-hybridized carbons (Fsp3) is 0.286. The van der Waals surface area contributed by atoms with E-state index in [2.05, 4.69) is 16.5 Å². The first kappa shape index (κ1) is 18.4. The molecule has 2 heterocycles. The minimum absolute atomic E-state index is 0.102. The van der Waals surface area contributed by atoms with Crippen molar-refractivity contribution in [1.29, 1.82) is 5.26 Å². The molecule has 28 heavy (non-hydrogen) atoms. The maximum atomic E-state index is 12.5. The molecular formula is C21H21N5OS. The smallest absolute Gasteiger partial charge is 0.239 e. The van der Waals surface area contributed by atoms with Gasteiger partial charge in [-0.25, -0.2) is 4.68 Å². The maximum Gasteiger partial charge on any atom is 0.239 e. The second-order valence-electron chi connectivity index (χ2n) is 7.02. The van der Waals surface area contributed by atoms with Crippen molar-refractivity contribution in [2.24, 2.45) is 0 Å². The topological polar surface area (TPSA) is 74.0 Å². The molecule has 142 valence electrons. The first-order chi connectivity index (χ1) is 13.6. The van der Waals surface area contributed by atoms with Crippen molar-refractivity contribution in [3.05, 3.63) is 64.3 Å². The molecule has 7 heteroatoms. The highest BCUT2D eigenvalue weighted by atomic mass is 32.1. The average molecular weight is 392 g/mol. The Hall–Kier alpha value is -2.95. The first-order valence-electron chi connectivity index (χ1n) is 9.26. The fourth-order valence-electron chi connectivity index (χ4n) is 3.55. The number of aryl methyl sites for hydroxylation is 1. The summed E-state index contributed by atoms with van der Waals surface area (Å²) < 4.78 is 1.83. The highest BCUT2D eigenvalue weighted by Crippen LogP contribution is 2.38. The summed E-state index contributed by atoms with van der Waals surface area (Å²) in [5.74, 6) is -0.102. The van der Waals surface area contributed by atoms with E-state index in [4.69, 9.17) is 0 Å². The van der Waals surface area contributed by atoms with Gasteiger partial charge >= 0.3 is 0 Å². The maximum absolute atomic E-state index is 12.5. The molecule has 1 aliphatic rings. The third-order valence-corrected chi connectivity index (χ3v) is 6.02. The predicted octanol–water partition coefficient (Wildman–Crippen LogP) is 3.36. The number of nitrogens with one attached hydrogen (secondary N) is 1. The van der Waals surface area contributed by atoms with E-state index in [1.165, 1.54) is 4.88 Å². The van der Waals surface area contributed by atoms with E-state index >= 15 is 0 Å². The van der Waals surface area contributed by atoms with Crippen LogP contribution in [0.15, 0.2) is 42.7 Å². The second-order valence-corrected chi connectivity index (χ2v) is 8.13. The number of benzene rings is 1. The molecule has 0 saturated heterocycles. The Kier molecular flexibility index (Phi) is 5.24. The Morgan fingerprint density at radius 1 is 1.36 bits per heavy atom. The summed E-state index contributed by atoms with van der Waals surface area (Å²) in [7, 11) is 1.90. The van der Waals surface area contributed by atoms with E-state index < -0.39 is 0 Å². The van der Waals surface area contributed by atoms with Crippen LogP contribution in [0.1, 0.15) is 28.0 Å². The molecule has 4 rings (SSSR count). The first-order valence-corrected chi connectivity index (χ1v) is 10.1. The molecule has 1 N–H and O–H groups in total. The van der Waals surface area contributed by atoms with E-state index in [0.717, 1.165) is 36.1 Å². The molecule has 2 aromatic heterocycles. The van der Waals surface area contributed by atoms with Crippen molar-refractivity contribution in [1.82, 2.24) is 14.7 Å². The molecule has 0 fully saturated rings. The number of aromatic nitrogens is 2. The number of hydrogen-bond acceptors (Lipinski definition) is 5. The van der Waals surface area contributed by atoms with Crippen molar-refractivity contribution >= 4 is 22.2 Å². The zero-order chi connectivity index (χ0) is 19.5. The molecule has 0 aliphatic heterocycles. The minimum atomic E-state index is -0.102. The van der Waals surface area contributed by atoms with Gasteiger partial charge in [0.1, 0.15) is 11.1 Å². The van der Waals surface area contributed by atoms with E-state index in [-0.39, 0.29) is 12.5 Å². The lowest BCUT2D eigenvalue weighted by Gasteiger charge is -2.15. The Labute approximate surface area is 168 Å². The number of rotatable bonds is 6. The van der Waals surface area contributed by atoms with Gasteiger partial charge in [-0.05, 0) is 44.0 Å². The molecule has 0 saturated carbocycles. The van der Waals surface area contributed by atoms with Crippen molar-refractivity contribution < 1.29 is 4.79 Å². The van der Waals surface area contributed by atoms with Crippen molar-refractivity contribution in [2.45, 2.75) is 25.8 Å². The molecule has 3 aromatic rings. The van der Waals surface area contributed by atoms with Gasteiger partial charge in [0.25, 0.3) is 0 Å². The summed E-state index contributed by atoms with van der Waals surface area (Å²) in [5.41, 5.74) is 3.82. The molecule has 0 unspecified atom stereocenters. The number of thiophene rings is 1. The molecule has 0 spiro atoms. The van der Waals surface area contributed by atoms with Crippen molar-refractivity contribution in [2.75, 3.05) is 18.9 Å². The fourth-order valence-corrected chi connectivity index (χ4v) is 4.81. The van der Waals surface area contributed by atoms with E-state index in [1.807, 2.05) is 59.4 Å². The number of carbonyl (C=O) groups is 1. The molecule has 1 aliphatic carbocycles. The van der Waals surface area contributed by atoms with Crippen LogP contribution in [0, 0.1) is 11.3 Å². The van der Waals surface area contributed by atoms with Gasteiger partial charge in [-0.15, -0.1) is 11.3 Å².